The SMILES string of the molecule is CC(C)c1cc(S(=O)(=O)C23CCN(C(=O)C45CCC(C(=O)O)(CC4)CC5)C2CCc2cc(C(F)(C(F)(F)F)C(F)(F)F)ccc23)ccc1F. The molecule has 1 heterocycles. The molecule has 0 spiro atoms. The number of carbonyl (C=O) groups is 2. The predicted molar refractivity (Wildman–Crippen MR) is 159 cm³/mol. The van der Waals surface area contributed by atoms with Crippen molar-refractivity contribution in [2.75, 3.05) is 6.54 Å². The number of rotatable bonds is 6. The van der Waals surface area contributed by atoms with Crippen LogP contribution in [-0.4, -0.2) is 55.2 Å². The van der Waals surface area contributed by atoms with Gasteiger partial charge in [-0.2, -0.15) is 26.3 Å². The van der Waals surface area contributed by atoms with E-state index in [1.807, 2.05) is 0 Å². The molecule has 2 bridgehead atoms. The van der Waals surface area contributed by atoms with Gasteiger partial charge in [-0.3, -0.25) is 9.59 Å². The summed E-state index contributed by atoms with van der Waals surface area (Å²) in [6, 6.07) is 3.58. The van der Waals surface area contributed by atoms with Crippen LogP contribution in [0.15, 0.2) is 41.3 Å². The van der Waals surface area contributed by atoms with E-state index in [-0.39, 0.29) is 91.8 Å². The number of alkyl halides is 7. The van der Waals surface area contributed by atoms with Crippen molar-refractivity contribution in [1.29, 1.82) is 0 Å². The summed E-state index contributed by atoms with van der Waals surface area (Å²) in [6.45, 7) is 3.16. The third-order valence-electron chi connectivity index (χ3n) is 11.9. The highest BCUT2D eigenvalue weighted by atomic mass is 32.2. The van der Waals surface area contributed by atoms with E-state index in [2.05, 4.69) is 0 Å². The van der Waals surface area contributed by atoms with Crippen molar-refractivity contribution in [2.45, 2.75) is 111 Å². The Kier molecular flexibility index (Phi) is 8.09. The number of benzene rings is 2. The van der Waals surface area contributed by atoms with Crippen molar-refractivity contribution in [3.05, 3.63) is 64.5 Å². The number of aryl methyl sites for hydroxylation is 1. The van der Waals surface area contributed by atoms with Gasteiger partial charge in [-0.05, 0) is 98.6 Å². The van der Waals surface area contributed by atoms with Gasteiger partial charge < -0.3 is 10.0 Å². The number of nitrogens with zero attached hydrogens (tertiary/aromatic N) is 1. The number of carboxylic acid groups (broad SMARTS) is 1. The first-order valence-electron chi connectivity index (χ1n) is 16.1. The summed E-state index contributed by atoms with van der Waals surface area (Å²) in [5, 5.41) is 9.82. The van der Waals surface area contributed by atoms with E-state index in [1.54, 1.807) is 13.8 Å². The summed E-state index contributed by atoms with van der Waals surface area (Å²) >= 11 is 0. The third kappa shape index (κ3) is 4.86. The highest BCUT2D eigenvalue weighted by Gasteiger charge is 2.74. The second kappa shape index (κ2) is 11.1. The van der Waals surface area contributed by atoms with Crippen LogP contribution < -0.4 is 0 Å². The number of hydrogen-bond acceptors (Lipinski definition) is 4. The molecule has 6 nitrogen and oxygen atoms in total. The lowest BCUT2D eigenvalue weighted by atomic mass is 9.53. The molecule has 2 atom stereocenters. The monoisotopic (exact) mass is 721 g/mol. The summed E-state index contributed by atoms with van der Waals surface area (Å²) in [7, 11) is -4.66. The molecular formula is C34H35F8NO5S. The molecule has 268 valence electrons. The van der Waals surface area contributed by atoms with E-state index in [4.69, 9.17) is 0 Å². The Hall–Kier alpha value is -3.23. The topological polar surface area (TPSA) is 91.8 Å². The standard InChI is InChI=1S/C34H35F8NO5S/c1-19(2)23-18-22(5-7-25(23)35)49(47,48)31-15-16-43(27(44)29-9-12-30(13-10-29,14-11-29)28(45)46)26(31)8-3-20-17-21(4-6-24(20)31)32(36,33(37,38)39)34(40,41)42/h4-7,17-19,26H,3,8-16H2,1-2H3,(H,45,46). The third-order valence-corrected chi connectivity index (χ3v) is 14.4. The van der Waals surface area contributed by atoms with Crippen molar-refractivity contribution in [3.8, 4) is 0 Å². The number of halogens is 8. The number of sulfone groups is 1. The number of amides is 1. The predicted octanol–water partition coefficient (Wildman–Crippen LogP) is 7.88. The molecule has 4 aliphatic carbocycles. The number of hydrogen-bond donors (Lipinski definition) is 1. The molecule has 1 amide bonds. The van der Waals surface area contributed by atoms with Crippen molar-refractivity contribution in [1.82, 2.24) is 4.90 Å². The summed E-state index contributed by atoms with van der Waals surface area (Å²) in [5.41, 5.74) is -9.66. The Balaban J connectivity index is 1.50. The number of aliphatic carboxylic acids is 1. The molecule has 49 heavy (non-hydrogen) atoms. The Bertz CT molecular complexity index is 1780. The summed E-state index contributed by atoms with van der Waals surface area (Å²) in [4.78, 5) is 27.6. The van der Waals surface area contributed by atoms with Crippen LogP contribution >= 0.6 is 0 Å². The van der Waals surface area contributed by atoms with Gasteiger partial charge in [-0.15, -0.1) is 0 Å². The van der Waals surface area contributed by atoms with Crippen LogP contribution in [-0.2, 0) is 36.3 Å². The van der Waals surface area contributed by atoms with Crippen molar-refractivity contribution in [2.24, 2.45) is 10.8 Å². The van der Waals surface area contributed by atoms with Gasteiger partial charge in [0.1, 0.15) is 10.6 Å². The number of carbonyl (C=O) groups excluding carboxylic acids is 1. The van der Waals surface area contributed by atoms with E-state index in [0.29, 0.717) is 12.1 Å². The maximum atomic E-state index is 15.2. The van der Waals surface area contributed by atoms with Gasteiger partial charge in [0.15, 0.2) is 9.84 Å². The maximum absolute atomic E-state index is 15.2. The summed E-state index contributed by atoms with van der Waals surface area (Å²) in [5.74, 6) is -2.43. The minimum atomic E-state index is -6.38. The Morgan fingerprint density at radius 3 is 1.96 bits per heavy atom. The van der Waals surface area contributed by atoms with Crippen LogP contribution in [0.3, 0.4) is 0 Å². The van der Waals surface area contributed by atoms with E-state index >= 15 is 4.39 Å². The average Bonchev–Trinajstić information content (AvgIpc) is 3.45. The van der Waals surface area contributed by atoms with E-state index in [0.717, 1.165) is 24.3 Å². The molecule has 0 radical (unpaired) electrons. The van der Waals surface area contributed by atoms with Crippen LogP contribution in [0.5, 0.6) is 0 Å². The fraction of sp³-hybridized carbons (Fsp3) is 0.588. The van der Waals surface area contributed by atoms with Crippen LogP contribution in [0.25, 0.3) is 0 Å². The molecule has 15 heteroatoms. The van der Waals surface area contributed by atoms with Gasteiger partial charge in [0.05, 0.1) is 16.4 Å². The second-order valence-electron chi connectivity index (χ2n) is 14.4. The molecule has 2 aromatic carbocycles. The van der Waals surface area contributed by atoms with E-state index < -0.39 is 72.7 Å². The molecule has 7 rings (SSSR count). The first-order chi connectivity index (χ1) is 22.6. The minimum Gasteiger partial charge on any atom is -0.481 e. The van der Waals surface area contributed by atoms with Crippen molar-refractivity contribution in [3.63, 3.8) is 0 Å². The zero-order valence-electron chi connectivity index (χ0n) is 26.6. The lowest BCUT2D eigenvalue weighted by molar-refractivity contribution is -0.348. The van der Waals surface area contributed by atoms with Crippen LogP contribution in [0, 0.1) is 16.6 Å². The Morgan fingerprint density at radius 2 is 1.43 bits per heavy atom. The van der Waals surface area contributed by atoms with Crippen LogP contribution in [0.4, 0.5) is 35.1 Å². The van der Waals surface area contributed by atoms with Gasteiger partial charge in [-0.1, -0.05) is 32.0 Å². The molecule has 2 unspecified atom stereocenters. The number of fused-ring (bicyclic) bond motifs is 6. The fourth-order valence-corrected chi connectivity index (χ4v) is 11.3. The Labute approximate surface area is 277 Å². The first kappa shape index (κ1) is 35.6. The molecule has 0 aromatic heterocycles. The molecule has 2 aromatic rings. The summed E-state index contributed by atoms with van der Waals surface area (Å²) < 4.78 is 140. The van der Waals surface area contributed by atoms with Gasteiger partial charge in [0.2, 0.25) is 5.91 Å². The van der Waals surface area contributed by atoms with Gasteiger partial charge in [0, 0.05) is 17.5 Å². The molecule has 1 N–H and O–H groups in total. The summed E-state index contributed by atoms with van der Waals surface area (Å²) in [6.07, 6.45) is -11.9. The molecule has 3 saturated carbocycles. The highest BCUT2D eigenvalue weighted by molar-refractivity contribution is 7.92. The average molecular weight is 722 g/mol. The number of carboxylic acids is 1. The zero-order valence-corrected chi connectivity index (χ0v) is 27.5. The first-order valence-corrected chi connectivity index (χ1v) is 17.6. The zero-order chi connectivity index (χ0) is 36.2. The normalized spacial score (nSPS) is 28.8. The molecular weight excluding hydrogens is 686 g/mol. The van der Waals surface area contributed by atoms with Crippen molar-refractivity contribution >= 4 is 21.7 Å². The van der Waals surface area contributed by atoms with Crippen LogP contribution in [0.2, 0.25) is 0 Å². The number of likely N-dealkylation sites (tertiary alicyclic amines) is 1. The molecule has 1 saturated heterocycles. The van der Waals surface area contributed by atoms with Crippen LogP contribution in [0.1, 0.15) is 93.4 Å². The smallest absolute Gasteiger partial charge is 0.435 e. The highest BCUT2D eigenvalue weighted by Crippen LogP contribution is 2.61. The quantitative estimate of drug-likeness (QED) is 0.242. The van der Waals surface area contributed by atoms with Gasteiger partial charge >= 0.3 is 24.0 Å². The lowest BCUT2D eigenvalue weighted by Gasteiger charge is -2.52. The fourth-order valence-electron chi connectivity index (χ4n) is 8.95. The van der Waals surface area contributed by atoms with Gasteiger partial charge in [0.25, 0.3) is 0 Å². The molecule has 5 aliphatic rings. The second-order valence-corrected chi connectivity index (χ2v) is 16.6. The Morgan fingerprint density at radius 1 is 0.857 bits per heavy atom. The van der Waals surface area contributed by atoms with Gasteiger partial charge in [-0.25, -0.2) is 17.2 Å². The molecule has 1 aliphatic heterocycles. The maximum Gasteiger partial charge on any atom is 0.435 e. The molecule has 4 fully saturated rings. The minimum absolute atomic E-state index is 0.0640. The van der Waals surface area contributed by atoms with E-state index in [1.165, 1.54) is 4.90 Å². The van der Waals surface area contributed by atoms with Crippen molar-refractivity contribution < 1.29 is 58.2 Å². The lowest BCUT2D eigenvalue weighted by Crippen LogP contribution is -2.57. The van der Waals surface area contributed by atoms with E-state index in [9.17, 15) is 53.8 Å². The largest absolute Gasteiger partial charge is 0.481 e.